The van der Waals surface area contributed by atoms with Gasteiger partial charge in [0.15, 0.2) is 0 Å². The van der Waals surface area contributed by atoms with Crippen molar-refractivity contribution in [3.05, 3.63) is 53.7 Å². The quantitative estimate of drug-likeness (QED) is 0.664. The number of ether oxygens (including phenoxy) is 1. The highest BCUT2D eigenvalue weighted by Gasteiger charge is 2.19. The topological polar surface area (TPSA) is 68.5 Å². The van der Waals surface area contributed by atoms with Crippen LogP contribution in [0.5, 0.6) is 0 Å². The van der Waals surface area contributed by atoms with Crippen LogP contribution in [0.3, 0.4) is 0 Å². The molecule has 5 nitrogen and oxygen atoms in total. The van der Waals surface area contributed by atoms with Gasteiger partial charge in [0.1, 0.15) is 5.82 Å². The highest BCUT2D eigenvalue weighted by Crippen LogP contribution is 2.28. The van der Waals surface area contributed by atoms with E-state index in [-0.39, 0.29) is 11.9 Å². The maximum atomic E-state index is 11.8. The molecular weight excluding hydrogens is 338 g/mol. The predicted molar refractivity (Wildman–Crippen MR) is 111 cm³/mol. The minimum absolute atomic E-state index is 0.00248. The second-order valence-corrected chi connectivity index (χ2v) is 7.33. The van der Waals surface area contributed by atoms with Crippen LogP contribution in [-0.4, -0.2) is 24.6 Å². The maximum absolute atomic E-state index is 11.8. The summed E-state index contributed by atoms with van der Waals surface area (Å²) in [4.78, 5) is 18.9. The highest BCUT2D eigenvalue weighted by molar-refractivity contribution is 5.70. The van der Waals surface area contributed by atoms with Crippen LogP contribution >= 0.6 is 0 Å². The Morgan fingerprint density at radius 2 is 1.93 bits per heavy atom. The monoisotopic (exact) mass is 369 g/mol. The smallest absolute Gasteiger partial charge is 0.306 e. The van der Waals surface area contributed by atoms with Crippen molar-refractivity contribution in [2.45, 2.75) is 46.1 Å². The average molecular weight is 370 g/mol. The van der Waals surface area contributed by atoms with E-state index >= 15 is 0 Å². The van der Waals surface area contributed by atoms with E-state index in [1.807, 2.05) is 37.3 Å². The Morgan fingerprint density at radius 1 is 1.22 bits per heavy atom. The first kappa shape index (κ1) is 20.7. The van der Waals surface area contributed by atoms with Crippen molar-refractivity contribution in [3.63, 3.8) is 0 Å². The molecule has 1 unspecified atom stereocenters. The number of esters is 1. The van der Waals surface area contributed by atoms with Crippen LogP contribution in [-0.2, 0) is 16.1 Å². The number of methoxy groups -OCH3 is 1. The van der Waals surface area contributed by atoms with Gasteiger partial charge in [-0.1, -0.05) is 51.1 Å². The Bertz CT molecular complexity index is 732. The minimum Gasteiger partial charge on any atom is -0.469 e. The third kappa shape index (κ3) is 6.27. The van der Waals surface area contributed by atoms with Gasteiger partial charge in [0.2, 0.25) is 0 Å². The molecule has 27 heavy (non-hydrogen) atoms. The second-order valence-electron chi connectivity index (χ2n) is 7.33. The maximum Gasteiger partial charge on any atom is 0.306 e. The van der Waals surface area contributed by atoms with Gasteiger partial charge < -0.3 is 15.4 Å². The van der Waals surface area contributed by atoms with Gasteiger partial charge in [-0.2, -0.15) is 0 Å². The molecule has 0 spiro atoms. The molecule has 5 heteroatoms. The molecule has 0 bridgehead atoms. The molecule has 0 aliphatic rings. The normalized spacial score (nSPS) is 12.0. The molecule has 1 aromatic carbocycles. The second kappa shape index (κ2) is 9.95. The number of hydrogen-bond donors (Lipinski definition) is 1. The summed E-state index contributed by atoms with van der Waals surface area (Å²) in [5, 5.41) is 0. The van der Waals surface area contributed by atoms with Gasteiger partial charge in [-0.15, -0.1) is 0 Å². The number of carbonyl (C=O) groups excluding carboxylic acids is 1. The Kier molecular flexibility index (Phi) is 7.65. The van der Waals surface area contributed by atoms with Gasteiger partial charge in [-0.05, 0) is 24.0 Å². The summed E-state index contributed by atoms with van der Waals surface area (Å²) in [5.74, 6) is 1.11. The fourth-order valence-electron chi connectivity index (χ4n) is 3.16. The van der Waals surface area contributed by atoms with E-state index in [1.54, 1.807) is 0 Å². The van der Waals surface area contributed by atoms with Gasteiger partial charge in [-0.25, -0.2) is 4.98 Å². The number of pyridine rings is 1. The molecule has 2 N–H and O–H groups in total. The van der Waals surface area contributed by atoms with Gasteiger partial charge >= 0.3 is 5.97 Å². The van der Waals surface area contributed by atoms with Crippen molar-refractivity contribution in [1.29, 1.82) is 0 Å². The summed E-state index contributed by atoms with van der Waals surface area (Å²) in [6.45, 7) is 8.07. The standard InChI is InChI=1S/C22H31N3O2/c1-5-18(11-22(26)27-4)20-12-19(23)13-21(24-20)25(14-16(2)3)15-17-9-7-6-8-10-17/h6-10,12-13,16,18H,5,11,14-15H2,1-4H3,(H2,23,24). The Labute approximate surface area is 162 Å². The summed E-state index contributed by atoms with van der Waals surface area (Å²) >= 11 is 0. The molecule has 0 aliphatic carbocycles. The Balaban J connectivity index is 2.34. The number of nitrogens with zero attached hydrogens (tertiary/aromatic N) is 2. The Morgan fingerprint density at radius 3 is 2.52 bits per heavy atom. The van der Waals surface area contributed by atoms with Gasteiger partial charge in [0, 0.05) is 36.5 Å². The van der Waals surface area contributed by atoms with Crippen LogP contribution in [0, 0.1) is 5.92 Å². The van der Waals surface area contributed by atoms with E-state index in [0.29, 0.717) is 18.0 Å². The van der Waals surface area contributed by atoms with Crippen molar-refractivity contribution in [2.75, 3.05) is 24.3 Å². The van der Waals surface area contributed by atoms with Crippen molar-refractivity contribution in [1.82, 2.24) is 4.98 Å². The average Bonchev–Trinajstić information content (AvgIpc) is 2.65. The number of nitrogens with two attached hydrogens (primary N) is 1. The van der Waals surface area contributed by atoms with Crippen LogP contribution in [0.15, 0.2) is 42.5 Å². The van der Waals surface area contributed by atoms with Crippen LogP contribution in [0.25, 0.3) is 0 Å². The summed E-state index contributed by atoms with van der Waals surface area (Å²) in [7, 11) is 1.41. The number of nitrogen functional groups attached to an aromatic ring is 1. The van der Waals surface area contributed by atoms with Gasteiger partial charge in [0.25, 0.3) is 0 Å². The number of aromatic nitrogens is 1. The molecule has 2 aromatic rings. The lowest BCUT2D eigenvalue weighted by Crippen LogP contribution is -2.28. The highest BCUT2D eigenvalue weighted by atomic mass is 16.5. The van der Waals surface area contributed by atoms with Crippen molar-refractivity contribution < 1.29 is 9.53 Å². The molecule has 2 rings (SSSR count). The molecule has 1 atom stereocenters. The van der Waals surface area contributed by atoms with E-state index in [9.17, 15) is 4.79 Å². The predicted octanol–water partition coefficient (Wildman–Crippen LogP) is 4.38. The van der Waals surface area contributed by atoms with Crippen LogP contribution in [0.1, 0.15) is 50.8 Å². The summed E-state index contributed by atoms with van der Waals surface area (Å²) in [6, 6.07) is 14.1. The fourth-order valence-corrected chi connectivity index (χ4v) is 3.16. The SMILES string of the molecule is CCC(CC(=O)OC)c1cc(N)cc(N(Cc2ccccc2)CC(C)C)n1. The number of carbonyl (C=O) groups is 1. The number of anilines is 2. The van der Waals surface area contributed by atoms with E-state index in [4.69, 9.17) is 15.5 Å². The zero-order chi connectivity index (χ0) is 19.8. The molecule has 146 valence electrons. The van der Waals surface area contributed by atoms with Gasteiger partial charge in [-0.3, -0.25) is 4.79 Å². The lowest BCUT2D eigenvalue weighted by atomic mass is 9.97. The molecule has 1 heterocycles. The Hall–Kier alpha value is -2.56. The number of hydrogen-bond acceptors (Lipinski definition) is 5. The molecule has 1 aromatic heterocycles. The number of benzene rings is 1. The zero-order valence-electron chi connectivity index (χ0n) is 16.8. The van der Waals surface area contributed by atoms with Crippen LogP contribution in [0.2, 0.25) is 0 Å². The van der Waals surface area contributed by atoms with E-state index < -0.39 is 0 Å². The minimum atomic E-state index is -0.226. The summed E-state index contributed by atoms with van der Waals surface area (Å²) in [5.41, 5.74) is 8.94. The van der Waals surface area contributed by atoms with E-state index in [2.05, 4.69) is 30.9 Å². The third-order valence-corrected chi connectivity index (χ3v) is 4.53. The van der Waals surface area contributed by atoms with Crippen molar-refractivity contribution in [2.24, 2.45) is 5.92 Å². The lowest BCUT2D eigenvalue weighted by molar-refractivity contribution is -0.141. The van der Waals surface area contributed by atoms with Crippen LogP contribution < -0.4 is 10.6 Å². The van der Waals surface area contributed by atoms with Crippen molar-refractivity contribution in [3.8, 4) is 0 Å². The molecule has 0 saturated carbocycles. The third-order valence-electron chi connectivity index (χ3n) is 4.53. The van der Waals surface area contributed by atoms with Crippen molar-refractivity contribution >= 4 is 17.5 Å². The lowest BCUT2D eigenvalue weighted by Gasteiger charge is -2.27. The van der Waals surface area contributed by atoms with Gasteiger partial charge in [0.05, 0.1) is 13.5 Å². The van der Waals surface area contributed by atoms with Crippen LogP contribution in [0.4, 0.5) is 11.5 Å². The molecular formula is C22H31N3O2. The first-order valence-electron chi connectivity index (χ1n) is 9.56. The molecule has 0 aliphatic heterocycles. The fraction of sp³-hybridized carbons (Fsp3) is 0.455. The molecule has 0 saturated heterocycles. The summed E-state index contributed by atoms with van der Waals surface area (Å²) < 4.78 is 4.84. The first-order chi connectivity index (χ1) is 12.9. The molecule has 0 fully saturated rings. The van der Waals surface area contributed by atoms with E-state index in [0.717, 1.165) is 31.0 Å². The van der Waals surface area contributed by atoms with E-state index in [1.165, 1.54) is 12.7 Å². The summed E-state index contributed by atoms with van der Waals surface area (Å²) in [6.07, 6.45) is 1.11. The first-order valence-corrected chi connectivity index (χ1v) is 9.56. The zero-order valence-corrected chi connectivity index (χ0v) is 16.8. The molecule has 0 amide bonds. The molecule has 0 radical (unpaired) electrons. The largest absolute Gasteiger partial charge is 0.469 e. The number of rotatable bonds is 9.